The van der Waals surface area contributed by atoms with Gasteiger partial charge in [0, 0.05) is 17.4 Å². The highest BCUT2D eigenvalue weighted by atomic mass is 35.5. The Hall–Kier alpha value is -1.85. The molecule has 0 aliphatic rings. The van der Waals surface area contributed by atoms with Crippen molar-refractivity contribution < 1.29 is 9.13 Å². The summed E-state index contributed by atoms with van der Waals surface area (Å²) >= 11 is 10.9. The van der Waals surface area contributed by atoms with Gasteiger partial charge < -0.3 is 15.4 Å². The van der Waals surface area contributed by atoms with Crippen molar-refractivity contribution in [2.24, 2.45) is 0 Å². The summed E-state index contributed by atoms with van der Waals surface area (Å²) in [6.45, 7) is 0. The average molecular weight is 311 g/mol. The van der Waals surface area contributed by atoms with Crippen LogP contribution in [-0.2, 0) is 0 Å². The van der Waals surface area contributed by atoms with E-state index in [1.54, 1.807) is 13.2 Å². The lowest BCUT2D eigenvalue weighted by Crippen LogP contribution is -2.19. The van der Waals surface area contributed by atoms with Gasteiger partial charge >= 0.3 is 0 Å². The van der Waals surface area contributed by atoms with Crippen molar-refractivity contribution in [3.05, 3.63) is 53.3 Å². The summed E-state index contributed by atoms with van der Waals surface area (Å²) in [5, 5.41) is 6.34. The highest BCUT2D eigenvalue weighted by Crippen LogP contribution is 2.20. The Morgan fingerprint density at radius 3 is 2.50 bits per heavy atom. The van der Waals surface area contributed by atoms with Crippen molar-refractivity contribution in [2.45, 2.75) is 0 Å². The number of benzene rings is 2. The summed E-state index contributed by atoms with van der Waals surface area (Å²) in [5.41, 5.74) is 1.40. The first kappa shape index (κ1) is 14.6. The SMILES string of the molecule is COc1cccc(NC(=S)Nc2ccc(F)c(Cl)c2)c1. The molecule has 2 aromatic rings. The molecular weight excluding hydrogens is 299 g/mol. The molecular formula is C14H12ClFN2OS. The van der Waals surface area contributed by atoms with Gasteiger partial charge in [-0.25, -0.2) is 4.39 Å². The normalized spacial score (nSPS) is 9.95. The highest BCUT2D eigenvalue weighted by Gasteiger charge is 2.03. The molecule has 0 bridgehead atoms. The number of halogens is 2. The number of nitrogens with one attached hydrogen (secondary N) is 2. The van der Waals surface area contributed by atoms with Gasteiger partial charge in [-0.1, -0.05) is 17.7 Å². The molecule has 0 spiro atoms. The van der Waals surface area contributed by atoms with Crippen LogP contribution >= 0.6 is 23.8 Å². The number of anilines is 2. The molecule has 0 unspecified atom stereocenters. The fraction of sp³-hybridized carbons (Fsp3) is 0.0714. The third-order valence-electron chi connectivity index (χ3n) is 2.51. The van der Waals surface area contributed by atoms with Crippen LogP contribution in [0.25, 0.3) is 0 Å². The Kier molecular flexibility index (Phi) is 4.76. The Labute approximate surface area is 126 Å². The lowest BCUT2D eigenvalue weighted by atomic mass is 10.3. The van der Waals surface area contributed by atoms with E-state index in [-0.39, 0.29) is 5.02 Å². The van der Waals surface area contributed by atoms with E-state index in [0.717, 1.165) is 11.4 Å². The molecule has 3 nitrogen and oxygen atoms in total. The van der Waals surface area contributed by atoms with E-state index in [2.05, 4.69) is 10.6 Å². The number of hydrogen-bond donors (Lipinski definition) is 2. The molecule has 0 aromatic heterocycles. The topological polar surface area (TPSA) is 33.3 Å². The van der Waals surface area contributed by atoms with E-state index in [0.29, 0.717) is 10.8 Å². The first-order chi connectivity index (χ1) is 9.58. The lowest BCUT2D eigenvalue weighted by molar-refractivity contribution is 0.415. The van der Waals surface area contributed by atoms with Gasteiger partial charge in [-0.05, 0) is 42.5 Å². The van der Waals surface area contributed by atoms with Gasteiger partial charge in [-0.3, -0.25) is 0 Å². The molecule has 0 radical (unpaired) electrons. The number of hydrogen-bond acceptors (Lipinski definition) is 2. The maximum absolute atomic E-state index is 13.0. The van der Waals surface area contributed by atoms with Crippen molar-refractivity contribution in [1.82, 2.24) is 0 Å². The molecule has 0 aliphatic heterocycles. The molecule has 2 N–H and O–H groups in total. The molecule has 2 aromatic carbocycles. The van der Waals surface area contributed by atoms with Crippen molar-refractivity contribution in [2.75, 3.05) is 17.7 Å². The van der Waals surface area contributed by atoms with E-state index in [9.17, 15) is 4.39 Å². The molecule has 0 heterocycles. The van der Waals surface area contributed by atoms with Crippen LogP contribution < -0.4 is 15.4 Å². The van der Waals surface area contributed by atoms with E-state index >= 15 is 0 Å². The fourth-order valence-corrected chi connectivity index (χ4v) is 1.98. The van der Waals surface area contributed by atoms with Crippen LogP contribution in [0.2, 0.25) is 5.02 Å². The van der Waals surface area contributed by atoms with E-state index < -0.39 is 5.82 Å². The maximum Gasteiger partial charge on any atom is 0.175 e. The smallest absolute Gasteiger partial charge is 0.175 e. The van der Waals surface area contributed by atoms with Gasteiger partial charge in [0.15, 0.2) is 5.11 Å². The molecule has 104 valence electrons. The Morgan fingerprint density at radius 1 is 1.15 bits per heavy atom. The van der Waals surface area contributed by atoms with Crippen LogP contribution in [-0.4, -0.2) is 12.2 Å². The number of rotatable bonds is 3. The zero-order valence-corrected chi connectivity index (χ0v) is 12.2. The second kappa shape index (κ2) is 6.54. The van der Waals surface area contributed by atoms with Crippen LogP contribution in [0, 0.1) is 5.82 Å². The zero-order chi connectivity index (χ0) is 14.5. The summed E-state index contributed by atoms with van der Waals surface area (Å²) in [6, 6.07) is 11.6. The Bertz CT molecular complexity index is 636. The fourth-order valence-electron chi connectivity index (χ4n) is 1.57. The van der Waals surface area contributed by atoms with Crippen molar-refractivity contribution >= 4 is 40.3 Å². The summed E-state index contributed by atoms with van der Waals surface area (Å²) in [6.07, 6.45) is 0. The monoisotopic (exact) mass is 310 g/mol. The predicted octanol–water partition coefficient (Wildman–Crippen LogP) is 4.30. The van der Waals surface area contributed by atoms with Gasteiger partial charge in [-0.2, -0.15) is 0 Å². The summed E-state index contributed by atoms with van der Waals surface area (Å²) < 4.78 is 18.2. The second-order valence-corrected chi connectivity index (χ2v) is 4.76. The number of thiocarbonyl (C=S) groups is 1. The first-order valence-electron chi connectivity index (χ1n) is 5.75. The summed E-state index contributed by atoms with van der Waals surface area (Å²) in [5.74, 6) is 0.256. The largest absolute Gasteiger partial charge is 0.497 e. The third-order valence-corrected chi connectivity index (χ3v) is 3.00. The number of ether oxygens (including phenoxy) is 1. The number of methoxy groups -OCH3 is 1. The average Bonchev–Trinajstić information content (AvgIpc) is 2.43. The van der Waals surface area contributed by atoms with Gasteiger partial charge in [-0.15, -0.1) is 0 Å². The highest BCUT2D eigenvalue weighted by molar-refractivity contribution is 7.80. The minimum Gasteiger partial charge on any atom is -0.497 e. The molecule has 0 amide bonds. The molecule has 0 saturated heterocycles. The van der Waals surface area contributed by atoms with Crippen molar-refractivity contribution in [3.63, 3.8) is 0 Å². The van der Waals surface area contributed by atoms with E-state index in [1.807, 2.05) is 24.3 Å². The lowest BCUT2D eigenvalue weighted by Gasteiger charge is -2.11. The minimum atomic E-state index is -0.469. The molecule has 0 saturated carbocycles. The molecule has 2 rings (SSSR count). The molecule has 0 aliphatic carbocycles. The Balaban J connectivity index is 2.03. The van der Waals surface area contributed by atoms with Gasteiger partial charge in [0.1, 0.15) is 11.6 Å². The van der Waals surface area contributed by atoms with E-state index in [4.69, 9.17) is 28.6 Å². The van der Waals surface area contributed by atoms with Crippen molar-refractivity contribution in [1.29, 1.82) is 0 Å². The molecule has 6 heteroatoms. The zero-order valence-electron chi connectivity index (χ0n) is 10.6. The van der Waals surface area contributed by atoms with Gasteiger partial charge in [0.2, 0.25) is 0 Å². The molecule has 0 atom stereocenters. The van der Waals surface area contributed by atoms with Crippen LogP contribution in [0.5, 0.6) is 5.75 Å². The predicted molar refractivity (Wildman–Crippen MR) is 84.2 cm³/mol. The van der Waals surface area contributed by atoms with E-state index in [1.165, 1.54) is 12.1 Å². The maximum atomic E-state index is 13.0. The summed E-state index contributed by atoms with van der Waals surface area (Å²) in [4.78, 5) is 0. The van der Waals surface area contributed by atoms with Crippen LogP contribution in [0.15, 0.2) is 42.5 Å². The first-order valence-corrected chi connectivity index (χ1v) is 6.54. The minimum absolute atomic E-state index is 0.0409. The standard InChI is InChI=1S/C14H12ClFN2OS/c1-19-11-4-2-3-9(7-11)17-14(20)18-10-5-6-13(16)12(15)8-10/h2-8H,1H3,(H2,17,18,20). The summed E-state index contributed by atoms with van der Waals surface area (Å²) in [7, 11) is 1.59. The van der Waals surface area contributed by atoms with Crippen LogP contribution in [0.1, 0.15) is 0 Å². The third kappa shape index (κ3) is 3.82. The molecule has 20 heavy (non-hydrogen) atoms. The molecule has 0 fully saturated rings. The van der Waals surface area contributed by atoms with Crippen LogP contribution in [0.4, 0.5) is 15.8 Å². The second-order valence-electron chi connectivity index (χ2n) is 3.94. The van der Waals surface area contributed by atoms with Crippen LogP contribution in [0.3, 0.4) is 0 Å². The van der Waals surface area contributed by atoms with Gasteiger partial charge in [0.25, 0.3) is 0 Å². The van der Waals surface area contributed by atoms with Gasteiger partial charge in [0.05, 0.1) is 12.1 Å². The quantitative estimate of drug-likeness (QED) is 0.828. The van der Waals surface area contributed by atoms with Crippen molar-refractivity contribution in [3.8, 4) is 5.75 Å². The Morgan fingerprint density at radius 2 is 1.85 bits per heavy atom.